The first-order valence-corrected chi connectivity index (χ1v) is 6.59. The Hall–Kier alpha value is -1.06. The minimum Gasteiger partial charge on any atom is -0.508 e. The van der Waals surface area contributed by atoms with E-state index in [-0.39, 0.29) is 0 Å². The third-order valence-electron chi connectivity index (χ3n) is 4.03. The fraction of sp³-hybridized carbons (Fsp3) is 0.571. The van der Waals surface area contributed by atoms with E-state index in [0.29, 0.717) is 11.7 Å². The highest BCUT2D eigenvalue weighted by atomic mass is 16.3. The predicted octanol–water partition coefficient (Wildman–Crippen LogP) is 1.72. The fourth-order valence-electron chi connectivity index (χ4n) is 2.72. The third kappa shape index (κ3) is 2.31. The standard InChI is InChI=1S/C14H20N2O/c17-13-5-4-10-7-15-8-11(14(10)6-13)9-16-12-2-1-3-12/h4-6,11-12,15-17H,1-3,7-9H2. The average Bonchev–Trinajstić information content (AvgIpc) is 2.27. The van der Waals surface area contributed by atoms with Crippen LogP contribution in [-0.4, -0.2) is 24.2 Å². The van der Waals surface area contributed by atoms with E-state index in [9.17, 15) is 5.11 Å². The van der Waals surface area contributed by atoms with Gasteiger partial charge in [-0.1, -0.05) is 12.5 Å². The Kier molecular flexibility index (Phi) is 3.04. The Morgan fingerprint density at radius 2 is 2.24 bits per heavy atom. The molecule has 3 N–H and O–H groups in total. The molecule has 0 aromatic heterocycles. The molecule has 1 aromatic rings. The molecule has 1 aliphatic carbocycles. The van der Waals surface area contributed by atoms with Crippen LogP contribution in [0.25, 0.3) is 0 Å². The minimum atomic E-state index is 0.388. The number of nitrogens with one attached hydrogen (secondary N) is 2. The highest BCUT2D eigenvalue weighted by Crippen LogP contribution is 2.28. The highest BCUT2D eigenvalue weighted by Gasteiger charge is 2.23. The van der Waals surface area contributed by atoms with Crippen LogP contribution in [-0.2, 0) is 6.54 Å². The number of aromatic hydroxyl groups is 1. The molecule has 1 fully saturated rings. The molecular formula is C14H20N2O. The third-order valence-corrected chi connectivity index (χ3v) is 4.03. The molecule has 1 heterocycles. The Morgan fingerprint density at radius 1 is 1.35 bits per heavy atom. The summed E-state index contributed by atoms with van der Waals surface area (Å²) in [5.41, 5.74) is 2.64. The molecule has 1 aliphatic heterocycles. The van der Waals surface area contributed by atoms with Crippen molar-refractivity contribution in [2.75, 3.05) is 13.1 Å². The largest absolute Gasteiger partial charge is 0.508 e. The molecule has 17 heavy (non-hydrogen) atoms. The van der Waals surface area contributed by atoms with Gasteiger partial charge in [0.05, 0.1) is 0 Å². The average molecular weight is 232 g/mol. The summed E-state index contributed by atoms with van der Waals surface area (Å²) in [7, 11) is 0. The van der Waals surface area contributed by atoms with Gasteiger partial charge in [-0.2, -0.15) is 0 Å². The van der Waals surface area contributed by atoms with Crippen LogP contribution in [0.3, 0.4) is 0 Å². The van der Waals surface area contributed by atoms with Crippen LogP contribution >= 0.6 is 0 Å². The van der Waals surface area contributed by atoms with Gasteiger partial charge < -0.3 is 15.7 Å². The lowest BCUT2D eigenvalue weighted by molar-refractivity contribution is 0.327. The lowest BCUT2D eigenvalue weighted by atomic mass is 9.88. The van der Waals surface area contributed by atoms with Gasteiger partial charge in [-0.3, -0.25) is 0 Å². The van der Waals surface area contributed by atoms with Crippen molar-refractivity contribution in [1.29, 1.82) is 0 Å². The van der Waals surface area contributed by atoms with Crippen molar-refractivity contribution in [3.8, 4) is 5.75 Å². The maximum absolute atomic E-state index is 9.60. The lowest BCUT2D eigenvalue weighted by Gasteiger charge is -2.31. The maximum Gasteiger partial charge on any atom is 0.115 e. The van der Waals surface area contributed by atoms with Crippen LogP contribution in [0.15, 0.2) is 18.2 Å². The van der Waals surface area contributed by atoms with Gasteiger partial charge in [-0.15, -0.1) is 0 Å². The molecular weight excluding hydrogens is 212 g/mol. The van der Waals surface area contributed by atoms with Gasteiger partial charge in [0.1, 0.15) is 5.75 Å². The molecule has 3 rings (SSSR count). The van der Waals surface area contributed by atoms with E-state index in [1.54, 1.807) is 6.07 Å². The summed E-state index contributed by atoms with van der Waals surface area (Å²) in [6.07, 6.45) is 4.03. The number of phenolic OH excluding ortho intramolecular Hbond substituents is 1. The second kappa shape index (κ2) is 4.67. The van der Waals surface area contributed by atoms with Crippen LogP contribution in [0.4, 0.5) is 0 Å². The van der Waals surface area contributed by atoms with E-state index in [2.05, 4.69) is 10.6 Å². The number of phenols is 1. The van der Waals surface area contributed by atoms with Crippen LogP contribution in [0.2, 0.25) is 0 Å². The van der Waals surface area contributed by atoms with E-state index in [1.807, 2.05) is 12.1 Å². The van der Waals surface area contributed by atoms with E-state index >= 15 is 0 Å². The maximum atomic E-state index is 9.60. The zero-order chi connectivity index (χ0) is 11.7. The van der Waals surface area contributed by atoms with Crippen LogP contribution < -0.4 is 10.6 Å². The van der Waals surface area contributed by atoms with Crippen molar-refractivity contribution in [3.05, 3.63) is 29.3 Å². The summed E-state index contributed by atoms with van der Waals surface area (Å²) in [6.45, 7) is 2.96. The Morgan fingerprint density at radius 3 is 3.00 bits per heavy atom. The molecule has 2 aliphatic rings. The minimum absolute atomic E-state index is 0.388. The fourth-order valence-corrected chi connectivity index (χ4v) is 2.72. The first-order valence-electron chi connectivity index (χ1n) is 6.59. The number of benzene rings is 1. The van der Waals surface area contributed by atoms with Crippen LogP contribution in [0, 0.1) is 0 Å². The molecule has 3 nitrogen and oxygen atoms in total. The molecule has 1 unspecified atom stereocenters. The molecule has 0 bridgehead atoms. The number of fused-ring (bicyclic) bond motifs is 1. The van der Waals surface area contributed by atoms with Crippen molar-refractivity contribution in [3.63, 3.8) is 0 Å². The summed E-state index contributed by atoms with van der Waals surface area (Å²) >= 11 is 0. The SMILES string of the molecule is Oc1ccc2c(c1)C(CNC1CCC1)CNC2. The molecule has 92 valence electrons. The van der Waals surface area contributed by atoms with Gasteiger partial charge in [-0.25, -0.2) is 0 Å². The number of hydrogen-bond donors (Lipinski definition) is 3. The van der Waals surface area contributed by atoms with Crippen LogP contribution in [0.1, 0.15) is 36.3 Å². The number of rotatable bonds is 3. The smallest absolute Gasteiger partial charge is 0.115 e. The summed E-state index contributed by atoms with van der Waals surface area (Å²) in [4.78, 5) is 0. The van der Waals surface area contributed by atoms with Crippen molar-refractivity contribution in [2.24, 2.45) is 0 Å². The lowest BCUT2D eigenvalue weighted by Crippen LogP contribution is -2.41. The second-order valence-electron chi connectivity index (χ2n) is 5.25. The predicted molar refractivity (Wildman–Crippen MR) is 68.2 cm³/mol. The number of hydrogen-bond acceptors (Lipinski definition) is 3. The Bertz CT molecular complexity index is 401. The summed E-state index contributed by atoms with van der Waals surface area (Å²) < 4.78 is 0. The zero-order valence-electron chi connectivity index (χ0n) is 10.1. The van der Waals surface area contributed by atoms with Gasteiger partial charge >= 0.3 is 0 Å². The second-order valence-corrected chi connectivity index (χ2v) is 5.25. The molecule has 1 atom stereocenters. The molecule has 1 saturated carbocycles. The van der Waals surface area contributed by atoms with Gasteiger partial charge in [0.2, 0.25) is 0 Å². The molecule has 0 saturated heterocycles. The van der Waals surface area contributed by atoms with Crippen molar-refractivity contribution in [1.82, 2.24) is 10.6 Å². The van der Waals surface area contributed by atoms with Gasteiger partial charge in [0, 0.05) is 31.6 Å². The molecule has 0 amide bonds. The monoisotopic (exact) mass is 232 g/mol. The van der Waals surface area contributed by atoms with E-state index < -0.39 is 0 Å². The van der Waals surface area contributed by atoms with E-state index in [1.165, 1.54) is 30.4 Å². The van der Waals surface area contributed by atoms with Gasteiger partial charge in [-0.05, 0) is 36.1 Å². The zero-order valence-corrected chi connectivity index (χ0v) is 10.1. The first-order chi connectivity index (χ1) is 8.33. The van der Waals surface area contributed by atoms with Crippen molar-refractivity contribution in [2.45, 2.75) is 37.8 Å². The topological polar surface area (TPSA) is 44.3 Å². The molecule has 0 spiro atoms. The summed E-state index contributed by atoms with van der Waals surface area (Å²) in [5, 5.41) is 16.7. The normalized spacial score (nSPS) is 24.1. The molecule has 0 radical (unpaired) electrons. The highest BCUT2D eigenvalue weighted by molar-refractivity contribution is 5.39. The first kappa shape index (κ1) is 11.1. The van der Waals surface area contributed by atoms with Crippen molar-refractivity contribution >= 4 is 0 Å². The van der Waals surface area contributed by atoms with Gasteiger partial charge in [0.25, 0.3) is 0 Å². The van der Waals surface area contributed by atoms with Crippen molar-refractivity contribution < 1.29 is 5.11 Å². The van der Waals surface area contributed by atoms with Crippen LogP contribution in [0.5, 0.6) is 5.75 Å². The van der Waals surface area contributed by atoms with E-state index in [4.69, 9.17) is 0 Å². The van der Waals surface area contributed by atoms with E-state index in [0.717, 1.165) is 25.7 Å². The molecule has 1 aromatic carbocycles. The summed E-state index contributed by atoms with van der Waals surface area (Å²) in [5.74, 6) is 0.880. The summed E-state index contributed by atoms with van der Waals surface area (Å²) in [6, 6.07) is 6.48. The van der Waals surface area contributed by atoms with Gasteiger partial charge in [0.15, 0.2) is 0 Å². The Balaban J connectivity index is 1.71. The molecule has 3 heteroatoms. The Labute approximate surface area is 102 Å². The quantitative estimate of drug-likeness (QED) is 0.743.